The number of carbonyl (C=O) groups is 1. The summed E-state index contributed by atoms with van der Waals surface area (Å²) < 4.78 is 29.5. The molecule has 3 fully saturated rings. The van der Waals surface area contributed by atoms with E-state index in [-0.39, 0.29) is 41.7 Å². The molecule has 3 rings (SSSR count). The van der Waals surface area contributed by atoms with Gasteiger partial charge in [-0.2, -0.15) is 0 Å². The molecule has 2 heterocycles. The van der Waals surface area contributed by atoms with E-state index in [4.69, 9.17) is 4.74 Å². The van der Waals surface area contributed by atoms with Crippen molar-refractivity contribution in [1.82, 2.24) is 9.80 Å². The van der Waals surface area contributed by atoms with Gasteiger partial charge in [-0.05, 0) is 33.1 Å². The third-order valence-corrected chi connectivity index (χ3v) is 7.21. The van der Waals surface area contributed by atoms with E-state index < -0.39 is 9.84 Å². The van der Waals surface area contributed by atoms with E-state index in [1.807, 2.05) is 18.7 Å². The molecule has 1 amide bonds. The van der Waals surface area contributed by atoms with Gasteiger partial charge in [0.2, 0.25) is 5.91 Å². The average Bonchev–Trinajstić information content (AvgIpc) is 3.08. The highest BCUT2D eigenvalue weighted by Gasteiger charge is 2.39. The number of ether oxygens (including phenoxy) is 1. The van der Waals surface area contributed by atoms with Gasteiger partial charge in [-0.25, -0.2) is 8.42 Å². The number of nitrogens with zero attached hydrogens (tertiary/aromatic N) is 2. The van der Waals surface area contributed by atoms with Gasteiger partial charge in [0, 0.05) is 25.2 Å². The standard InChI is InChI=1S/C17H30N2O4S/c1-13-9-18(10-14(2)23-13)11-17(20)19(15-5-3-4-6-15)16-7-8-24(21,22)12-16/h13-16H,3-12H2,1-2H3. The molecule has 0 aromatic heterocycles. The van der Waals surface area contributed by atoms with Gasteiger partial charge in [-0.15, -0.1) is 0 Å². The molecule has 0 aromatic rings. The molecule has 2 saturated heterocycles. The van der Waals surface area contributed by atoms with Crippen molar-refractivity contribution in [2.75, 3.05) is 31.1 Å². The fourth-order valence-corrected chi connectivity index (χ4v) is 6.28. The number of morpholine rings is 1. The number of hydrogen-bond donors (Lipinski definition) is 0. The molecule has 0 bridgehead atoms. The van der Waals surface area contributed by atoms with Crippen LogP contribution in [0.25, 0.3) is 0 Å². The van der Waals surface area contributed by atoms with Crippen molar-refractivity contribution in [3.05, 3.63) is 0 Å². The number of hydrogen-bond acceptors (Lipinski definition) is 5. The van der Waals surface area contributed by atoms with E-state index >= 15 is 0 Å². The minimum absolute atomic E-state index is 0.102. The maximum atomic E-state index is 13.1. The molecule has 0 aromatic carbocycles. The maximum absolute atomic E-state index is 13.1. The Bertz CT molecular complexity index is 549. The third-order valence-electron chi connectivity index (χ3n) is 5.46. The molecule has 0 spiro atoms. The molecule has 0 N–H and O–H groups in total. The molecule has 138 valence electrons. The molecule has 0 radical (unpaired) electrons. The zero-order valence-electron chi connectivity index (χ0n) is 14.8. The molecule has 3 atom stereocenters. The van der Waals surface area contributed by atoms with Gasteiger partial charge in [0.15, 0.2) is 9.84 Å². The SMILES string of the molecule is CC1CN(CC(=O)N(C2CCCC2)C2CCS(=O)(=O)C2)CC(C)O1. The Hall–Kier alpha value is -0.660. The molecule has 2 aliphatic heterocycles. The first-order valence-corrected chi connectivity index (χ1v) is 11.1. The molecule has 7 heteroatoms. The minimum Gasteiger partial charge on any atom is -0.373 e. The predicted molar refractivity (Wildman–Crippen MR) is 92.6 cm³/mol. The van der Waals surface area contributed by atoms with Crippen LogP contribution in [-0.2, 0) is 19.4 Å². The third kappa shape index (κ3) is 4.29. The van der Waals surface area contributed by atoms with Crippen molar-refractivity contribution in [2.24, 2.45) is 0 Å². The lowest BCUT2D eigenvalue weighted by Crippen LogP contribution is -2.54. The fourth-order valence-electron chi connectivity index (χ4n) is 4.57. The van der Waals surface area contributed by atoms with Crippen LogP contribution in [0.2, 0.25) is 0 Å². The van der Waals surface area contributed by atoms with Crippen LogP contribution in [0.3, 0.4) is 0 Å². The largest absolute Gasteiger partial charge is 0.373 e. The van der Waals surface area contributed by atoms with E-state index in [1.165, 1.54) is 0 Å². The molecule has 3 aliphatic rings. The van der Waals surface area contributed by atoms with Gasteiger partial charge >= 0.3 is 0 Å². The summed E-state index contributed by atoms with van der Waals surface area (Å²) in [7, 11) is -2.98. The first kappa shape index (κ1) is 18.1. The Labute approximate surface area is 145 Å². The summed E-state index contributed by atoms with van der Waals surface area (Å²) in [4.78, 5) is 17.2. The number of sulfone groups is 1. The molecule has 1 saturated carbocycles. The summed E-state index contributed by atoms with van der Waals surface area (Å²) in [6.07, 6.45) is 5.16. The van der Waals surface area contributed by atoms with Gasteiger partial charge < -0.3 is 9.64 Å². The quantitative estimate of drug-likeness (QED) is 0.752. The zero-order chi connectivity index (χ0) is 17.3. The summed E-state index contributed by atoms with van der Waals surface area (Å²) in [6.45, 7) is 5.97. The van der Waals surface area contributed by atoms with Crippen LogP contribution < -0.4 is 0 Å². The first-order valence-electron chi connectivity index (χ1n) is 9.23. The lowest BCUT2D eigenvalue weighted by Gasteiger charge is -2.39. The Morgan fingerprint density at radius 1 is 1.08 bits per heavy atom. The Morgan fingerprint density at radius 2 is 1.71 bits per heavy atom. The highest BCUT2D eigenvalue weighted by atomic mass is 32.2. The summed E-state index contributed by atoms with van der Waals surface area (Å²) in [5.74, 6) is 0.468. The lowest BCUT2D eigenvalue weighted by atomic mass is 10.1. The van der Waals surface area contributed by atoms with E-state index in [0.29, 0.717) is 13.0 Å². The smallest absolute Gasteiger partial charge is 0.237 e. The van der Waals surface area contributed by atoms with Crippen molar-refractivity contribution in [3.8, 4) is 0 Å². The normalized spacial score (nSPS) is 34.5. The van der Waals surface area contributed by atoms with E-state index in [0.717, 1.165) is 38.8 Å². The summed E-state index contributed by atoms with van der Waals surface area (Å²) >= 11 is 0. The van der Waals surface area contributed by atoms with Crippen LogP contribution in [0.4, 0.5) is 0 Å². The molecular formula is C17H30N2O4S. The molecule has 24 heavy (non-hydrogen) atoms. The number of rotatable bonds is 4. The Balaban J connectivity index is 1.69. The number of amides is 1. The highest BCUT2D eigenvalue weighted by Crippen LogP contribution is 2.29. The van der Waals surface area contributed by atoms with Gasteiger partial charge in [0.05, 0.1) is 30.3 Å². The maximum Gasteiger partial charge on any atom is 0.237 e. The summed E-state index contributed by atoms with van der Waals surface area (Å²) in [6, 6.07) is 0.105. The molecular weight excluding hydrogens is 328 g/mol. The predicted octanol–water partition coefficient (Wildman–Crippen LogP) is 1.05. The molecule has 6 nitrogen and oxygen atoms in total. The average molecular weight is 359 g/mol. The first-order chi connectivity index (χ1) is 11.3. The summed E-state index contributed by atoms with van der Waals surface area (Å²) in [5, 5.41) is 0. The second-order valence-electron chi connectivity index (χ2n) is 7.75. The van der Waals surface area contributed by atoms with Gasteiger partial charge in [-0.3, -0.25) is 9.69 Å². The minimum atomic E-state index is -2.98. The molecule has 1 aliphatic carbocycles. The second-order valence-corrected chi connectivity index (χ2v) is 9.98. The van der Waals surface area contributed by atoms with Crippen molar-refractivity contribution < 1.29 is 17.9 Å². The van der Waals surface area contributed by atoms with Crippen molar-refractivity contribution in [3.63, 3.8) is 0 Å². The van der Waals surface area contributed by atoms with Crippen LogP contribution in [0.5, 0.6) is 0 Å². The van der Waals surface area contributed by atoms with Crippen molar-refractivity contribution in [1.29, 1.82) is 0 Å². The topological polar surface area (TPSA) is 66.9 Å². The van der Waals surface area contributed by atoms with Crippen LogP contribution in [0.1, 0.15) is 46.0 Å². The van der Waals surface area contributed by atoms with E-state index in [2.05, 4.69) is 4.90 Å². The van der Waals surface area contributed by atoms with Gasteiger partial charge in [0.1, 0.15) is 0 Å². The van der Waals surface area contributed by atoms with Gasteiger partial charge in [-0.1, -0.05) is 12.8 Å². The van der Waals surface area contributed by atoms with Crippen LogP contribution in [-0.4, -0.2) is 79.6 Å². The zero-order valence-corrected chi connectivity index (χ0v) is 15.6. The molecule has 3 unspecified atom stereocenters. The van der Waals surface area contributed by atoms with Crippen molar-refractivity contribution in [2.45, 2.75) is 70.2 Å². The van der Waals surface area contributed by atoms with Crippen molar-refractivity contribution >= 4 is 15.7 Å². The Kier molecular flexibility index (Phi) is 5.52. The second kappa shape index (κ2) is 7.30. The van der Waals surface area contributed by atoms with Crippen LogP contribution in [0, 0.1) is 0 Å². The Morgan fingerprint density at radius 3 is 2.25 bits per heavy atom. The fraction of sp³-hybridized carbons (Fsp3) is 0.941. The number of carbonyl (C=O) groups excluding carboxylic acids is 1. The van der Waals surface area contributed by atoms with Crippen LogP contribution in [0.15, 0.2) is 0 Å². The monoisotopic (exact) mass is 358 g/mol. The highest BCUT2D eigenvalue weighted by molar-refractivity contribution is 7.91. The van der Waals surface area contributed by atoms with Crippen LogP contribution >= 0.6 is 0 Å². The van der Waals surface area contributed by atoms with E-state index in [9.17, 15) is 13.2 Å². The van der Waals surface area contributed by atoms with Gasteiger partial charge in [0.25, 0.3) is 0 Å². The summed E-state index contributed by atoms with van der Waals surface area (Å²) in [5.41, 5.74) is 0. The van der Waals surface area contributed by atoms with E-state index in [1.54, 1.807) is 0 Å². The lowest BCUT2D eigenvalue weighted by molar-refractivity contribution is -0.140.